The second-order valence-corrected chi connectivity index (χ2v) is 10.3. The molecule has 2 aliphatic rings. The lowest BCUT2D eigenvalue weighted by Gasteiger charge is -2.26. The van der Waals surface area contributed by atoms with Crippen molar-refractivity contribution in [3.63, 3.8) is 0 Å². The highest BCUT2D eigenvalue weighted by atomic mass is 16.5. The fourth-order valence-corrected chi connectivity index (χ4v) is 4.60. The maximum absolute atomic E-state index is 12.7. The van der Waals surface area contributed by atoms with Gasteiger partial charge in [-0.1, -0.05) is 29.4 Å². The number of rotatable bonds is 11. The molecule has 0 unspecified atom stereocenters. The number of ether oxygens (including phenoxy) is 2. The molecule has 1 aliphatic carbocycles. The molecule has 0 bridgehead atoms. The van der Waals surface area contributed by atoms with Gasteiger partial charge in [0.05, 0.1) is 18.9 Å². The Balaban J connectivity index is 0.946. The molecule has 12 heteroatoms. The maximum Gasteiger partial charge on any atom is 0.320 e. The van der Waals surface area contributed by atoms with Crippen LogP contribution in [-0.4, -0.2) is 71.6 Å². The van der Waals surface area contributed by atoms with E-state index in [-0.39, 0.29) is 11.9 Å². The van der Waals surface area contributed by atoms with E-state index in [2.05, 4.69) is 36.2 Å². The largest absolute Gasteiger partial charge is 0.492 e. The number of anilines is 2. The van der Waals surface area contributed by atoms with Crippen molar-refractivity contribution in [1.82, 2.24) is 25.6 Å². The molecule has 0 atom stereocenters. The molecule has 1 aliphatic heterocycles. The van der Waals surface area contributed by atoms with Crippen LogP contribution in [0.5, 0.6) is 5.75 Å². The van der Waals surface area contributed by atoms with Crippen LogP contribution in [-0.2, 0) is 11.3 Å². The average molecular weight is 572 g/mol. The van der Waals surface area contributed by atoms with Crippen molar-refractivity contribution in [3.8, 4) is 17.0 Å². The minimum atomic E-state index is -0.352. The number of amides is 3. The summed E-state index contributed by atoms with van der Waals surface area (Å²) in [5.74, 6) is 2.54. The Labute approximate surface area is 242 Å². The summed E-state index contributed by atoms with van der Waals surface area (Å²) in [6.45, 7) is 5.15. The number of carbonyl (C=O) groups is 2. The summed E-state index contributed by atoms with van der Waals surface area (Å²) in [6, 6.07) is 17.9. The van der Waals surface area contributed by atoms with Gasteiger partial charge in [-0.3, -0.25) is 20.1 Å². The third-order valence-corrected chi connectivity index (χ3v) is 7.18. The molecule has 3 amide bonds. The number of nitrogens with one attached hydrogen (secondary N) is 4. The first kappa shape index (κ1) is 27.5. The first-order valence-electron chi connectivity index (χ1n) is 14.1. The molecule has 3 heterocycles. The lowest BCUT2D eigenvalue weighted by atomic mass is 10.1. The fraction of sp³-hybridized carbons (Fsp3) is 0.333. The standard InChI is InChI=1S/C30H33N7O5/c38-29(23-7-9-24(10-8-23)41-16-13-37-11-14-40-15-12-37)32-27-17-25(34-35-27)21-3-1-20(2-4-21)19-31-30(39)33-28-18-26(42-36-28)22-5-6-22/h1-4,7-10,17-18,22H,5-6,11-16,19H2,(H2,31,33,36,39)(H2,32,34,35,38). The summed E-state index contributed by atoms with van der Waals surface area (Å²) in [6.07, 6.45) is 2.21. The van der Waals surface area contributed by atoms with Crippen LogP contribution >= 0.6 is 0 Å². The number of urea groups is 1. The zero-order valence-electron chi connectivity index (χ0n) is 23.1. The molecule has 0 radical (unpaired) electrons. The summed E-state index contributed by atoms with van der Waals surface area (Å²) in [4.78, 5) is 27.3. The Hall–Kier alpha value is -4.68. The number of carbonyl (C=O) groups excluding carboxylic acids is 2. The third-order valence-electron chi connectivity index (χ3n) is 7.18. The molecule has 4 aromatic rings. The predicted molar refractivity (Wildman–Crippen MR) is 156 cm³/mol. The number of aromatic nitrogens is 3. The van der Waals surface area contributed by atoms with Crippen LogP contribution in [0.15, 0.2) is 65.2 Å². The van der Waals surface area contributed by atoms with Gasteiger partial charge in [-0.25, -0.2) is 4.79 Å². The van der Waals surface area contributed by atoms with Gasteiger partial charge in [-0.05, 0) is 48.2 Å². The number of hydrogen-bond donors (Lipinski definition) is 4. The van der Waals surface area contributed by atoms with Gasteiger partial charge in [0, 0.05) is 49.8 Å². The van der Waals surface area contributed by atoms with E-state index in [0.29, 0.717) is 36.3 Å². The van der Waals surface area contributed by atoms with Crippen LogP contribution in [0.3, 0.4) is 0 Å². The Morgan fingerprint density at radius 2 is 1.76 bits per heavy atom. The van der Waals surface area contributed by atoms with Crippen molar-refractivity contribution >= 4 is 23.6 Å². The van der Waals surface area contributed by atoms with Crippen LogP contribution in [0.2, 0.25) is 0 Å². The van der Waals surface area contributed by atoms with E-state index >= 15 is 0 Å². The van der Waals surface area contributed by atoms with E-state index in [9.17, 15) is 9.59 Å². The van der Waals surface area contributed by atoms with Crippen molar-refractivity contribution in [1.29, 1.82) is 0 Å². The van der Waals surface area contributed by atoms with Crippen molar-refractivity contribution < 1.29 is 23.6 Å². The lowest BCUT2D eigenvalue weighted by Crippen LogP contribution is -2.38. The highest BCUT2D eigenvalue weighted by molar-refractivity contribution is 6.04. The number of benzene rings is 2. The van der Waals surface area contributed by atoms with Crippen LogP contribution in [0.4, 0.5) is 16.4 Å². The van der Waals surface area contributed by atoms with Gasteiger partial charge >= 0.3 is 6.03 Å². The number of aromatic amines is 1. The van der Waals surface area contributed by atoms with Gasteiger partial charge in [0.2, 0.25) is 0 Å². The monoisotopic (exact) mass is 571 g/mol. The number of nitrogens with zero attached hydrogens (tertiary/aromatic N) is 3. The smallest absolute Gasteiger partial charge is 0.320 e. The first-order valence-corrected chi connectivity index (χ1v) is 14.1. The fourth-order valence-electron chi connectivity index (χ4n) is 4.60. The quantitative estimate of drug-likeness (QED) is 0.209. The molecule has 1 saturated carbocycles. The topological polar surface area (TPSA) is 147 Å². The molecule has 4 N–H and O–H groups in total. The molecule has 218 valence electrons. The van der Waals surface area contributed by atoms with Gasteiger partial charge in [0.15, 0.2) is 11.6 Å². The molecule has 6 rings (SSSR count). The first-order chi connectivity index (χ1) is 20.6. The number of hydrogen-bond acceptors (Lipinski definition) is 8. The zero-order valence-corrected chi connectivity index (χ0v) is 23.1. The summed E-state index contributed by atoms with van der Waals surface area (Å²) in [5, 5.41) is 19.4. The second-order valence-electron chi connectivity index (χ2n) is 10.3. The Morgan fingerprint density at radius 1 is 0.976 bits per heavy atom. The van der Waals surface area contributed by atoms with Crippen LogP contribution in [0, 0.1) is 0 Å². The van der Waals surface area contributed by atoms with E-state index in [0.717, 1.165) is 74.0 Å². The second kappa shape index (κ2) is 12.9. The van der Waals surface area contributed by atoms with E-state index in [1.165, 1.54) is 0 Å². The Kier molecular flexibility index (Phi) is 8.43. The Morgan fingerprint density at radius 3 is 2.52 bits per heavy atom. The molecule has 2 fully saturated rings. The van der Waals surface area contributed by atoms with E-state index in [1.807, 2.05) is 24.3 Å². The molecule has 2 aromatic heterocycles. The van der Waals surface area contributed by atoms with Crippen LogP contribution in [0.25, 0.3) is 11.3 Å². The van der Waals surface area contributed by atoms with Crippen molar-refractivity contribution in [2.45, 2.75) is 25.3 Å². The maximum atomic E-state index is 12.7. The van der Waals surface area contributed by atoms with Crippen molar-refractivity contribution in [3.05, 3.63) is 77.6 Å². The summed E-state index contributed by atoms with van der Waals surface area (Å²) in [5.41, 5.74) is 3.08. The molecule has 42 heavy (non-hydrogen) atoms. The van der Waals surface area contributed by atoms with Gasteiger partial charge in [-0.15, -0.1) is 0 Å². The van der Waals surface area contributed by atoms with Crippen LogP contribution < -0.4 is 20.7 Å². The molecule has 2 aromatic carbocycles. The highest BCUT2D eigenvalue weighted by Crippen LogP contribution is 2.40. The minimum Gasteiger partial charge on any atom is -0.492 e. The Bertz CT molecular complexity index is 1490. The van der Waals surface area contributed by atoms with Crippen molar-refractivity contribution in [2.24, 2.45) is 0 Å². The number of morpholine rings is 1. The molecular formula is C30H33N7O5. The van der Waals surface area contributed by atoms with Crippen LogP contribution in [0.1, 0.15) is 40.4 Å². The molecule has 1 saturated heterocycles. The molecule has 0 spiro atoms. The minimum absolute atomic E-state index is 0.262. The van der Waals surface area contributed by atoms with E-state index in [1.54, 1.807) is 36.4 Å². The summed E-state index contributed by atoms with van der Waals surface area (Å²) < 4.78 is 16.4. The number of H-pyrrole nitrogens is 1. The van der Waals surface area contributed by atoms with E-state index in [4.69, 9.17) is 14.0 Å². The molecular weight excluding hydrogens is 538 g/mol. The van der Waals surface area contributed by atoms with Gasteiger partial charge in [0.1, 0.15) is 18.1 Å². The zero-order chi connectivity index (χ0) is 28.7. The SMILES string of the molecule is O=C(NCc1ccc(-c2cc(NC(=O)c3ccc(OCCN4CCOCC4)cc3)n[nH]2)cc1)Nc1cc(C2CC2)on1. The van der Waals surface area contributed by atoms with Gasteiger partial charge in [-0.2, -0.15) is 5.10 Å². The summed E-state index contributed by atoms with van der Waals surface area (Å²) >= 11 is 0. The van der Waals surface area contributed by atoms with E-state index < -0.39 is 0 Å². The predicted octanol–water partition coefficient (Wildman–Crippen LogP) is 4.23. The average Bonchev–Trinajstić information content (AvgIpc) is 3.59. The molecule has 12 nitrogen and oxygen atoms in total. The van der Waals surface area contributed by atoms with Crippen molar-refractivity contribution in [2.75, 3.05) is 50.1 Å². The van der Waals surface area contributed by atoms with Gasteiger partial charge in [0.25, 0.3) is 5.91 Å². The highest BCUT2D eigenvalue weighted by Gasteiger charge is 2.28. The lowest BCUT2D eigenvalue weighted by molar-refractivity contribution is 0.0322. The van der Waals surface area contributed by atoms with Gasteiger partial charge < -0.3 is 24.6 Å². The summed E-state index contributed by atoms with van der Waals surface area (Å²) in [7, 11) is 0. The third kappa shape index (κ3) is 7.33. The normalized spacial score (nSPS) is 15.2.